The first kappa shape index (κ1) is 18.9. The fraction of sp³-hybridized carbons (Fsp3) is 0.333. The summed E-state index contributed by atoms with van der Waals surface area (Å²) >= 11 is 0. The number of amides is 2. The Bertz CT molecular complexity index is 849. The number of ether oxygens (including phenoxy) is 1. The van der Waals surface area contributed by atoms with Crippen LogP contribution in [0.3, 0.4) is 0 Å². The number of hydrogen-bond acceptors (Lipinski definition) is 3. The Morgan fingerprint density at radius 1 is 1.22 bits per heavy atom. The summed E-state index contributed by atoms with van der Waals surface area (Å²) in [5.41, 5.74) is 1.70. The van der Waals surface area contributed by atoms with E-state index in [1.165, 1.54) is 6.07 Å². The molecule has 1 atom stereocenters. The van der Waals surface area contributed by atoms with Gasteiger partial charge in [0.1, 0.15) is 11.6 Å². The minimum atomic E-state index is -0.524. The molecular formula is C21H23FN2O3. The van der Waals surface area contributed by atoms with Crippen LogP contribution in [0.25, 0.3) is 0 Å². The van der Waals surface area contributed by atoms with Gasteiger partial charge in [-0.15, -0.1) is 0 Å². The van der Waals surface area contributed by atoms with Crippen molar-refractivity contribution in [2.45, 2.75) is 33.3 Å². The lowest BCUT2D eigenvalue weighted by molar-refractivity contribution is -0.122. The van der Waals surface area contributed by atoms with Crippen LogP contribution in [0.15, 0.2) is 42.5 Å². The van der Waals surface area contributed by atoms with Crippen molar-refractivity contribution in [3.8, 4) is 5.75 Å². The zero-order valence-electron chi connectivity index (χ0n) is 15.7. The molecule has 1 aliphatic heterocycles. The van der Waals surface area contributed by atoms with E-state index in [2.05, 4.69) is 5.32 Å². The van der Waals surface area contributed by atoms with E-state index < -0.39 is 11.7 Å². The summed E-state index contributed by atoms with van der Waals surface area (Å²) in [6.45, 7) is 5.97. The maximum atomic E-state index is 13.9. The highest BCUT2D eigenvalue weighted by Crippen LogP contribution is 2.28. The summed E-state index contributed by atoms with van der Waals surface area (Å²) in [5, 5.41) is 2.60. The Balaban J connectivity index is 1.67. The topological polar surface area (TPSA) is 58.6 Å². The minimum Gasteiger partial charge on any atom is -0.491 e. The van der Waals surface area contributed by atoms with Gasteiger partial charge in [0.25, 0.3) is 0 Å². The Kier molecular flexibility index (Phi) is 5.44. The maximum absolute atomic E-state index is 13.9. The monoisotopic (exact) mass is 370 g/mol. The second kappa shape index (κ2) is 7.78. The van der Waals surface area contributed by atoms with E-state index in [4.69, 9.17) is 4.74 Å². The standard InChI is InChI=1S/C21H23FN2O3/c1-13(2)27-17-7-5-16(6-8-17)24-12-15(11-20(24)25)21(26)23-19-10-14(3)4-9-18(19)22/h4-10,13,15H,11-12H2,1-3H3,(H,23,26)/t15-/m1/s1. The van der Waals surface area contributed by atoms with Crippen LogP contribution in [0, 0.1) is 18.7 Å². The average Bonchev–Trinajstić information content (AvgIpc) is 3.00. The van der Waals surface area contributed by atoms with Gasteiger partial charge < -0.3 is 15.0 Å². The van der Waals surface area contributed by atoms with Crippen molar-refractivity contribution in [3.63, 3.8) is 0 Å². The molecule has 0 spiro atoms. The number of nitrogens with one attached hydrogen (secondary N) is 1. The van der Waals surface area contributed by atoms with Gasteiger partial charge in [0.05, 0.1) is 17.7 Å². The molecule has 0 bridgehead atoms. The van der Waals surface area contributed by atoms with Crippen molar-refractivity contribution in [2.75, 3.05) is 16.8 Å². The second-order valence-corrected chi connectivity index (χ2v) is 7.04. The number of carbonyl (C=O) groups excluding carboxylic acids is 2. The van der Waals surface area contributed by atoms with Gasteiger partial charge in [0, 0.05) is 18.7 Å². The summed E-state index contributed by atoms with van der Waals surface area (Å²) in [5.74, 6) is -0.767. The molecule has 5 nitrogen and oxygen atoms in total. The van der Waals surface area contributed by atoms with Crippen LogP contribution in [0.1, 0.15) is 25.8 Å². The van der Waals surface area contributed by atoms with E-state index >= 15 is 0 Å². The molecule has 1 saturated heterocycles. The van der Waals surface area contributed by atoms with Gasteiger partial charge in [-0.3, -0.25) is 9.59 Å². The van der Waals surface area contributed by atoms with Gasteiger partial charge in [0.15, 0.2) is 0 Å². The molecule has 0 radical (unpaired) electrons. The first-order valence-electron chi connectivity index (χ1n) is 8.97. The fourth-order valence-corrected chi connectivity index (χ4v) is 3.08. The van der Waals surface area contributed by atoms with Crippen LogP contribution < -0.4 is 15.0 Å². The lowest BCUT2D eigenvalue weighted by Crippen LogP contribution is -2.28. The van der Waals surface area contributed by atoms with E-state index in [9.17, 15) is 14.0 Å². The Morgan fingerprint density at radius 3 is 2.59 bits per heavy atom. The van der Waals surface area contributed by atoms with Gasteiger partial charge >= 0.3 is 0 Å². The van der Waals surface area contributed by atoms with Crippen LogP contribution in [-0.2, 0) is 9.59 Å². The molecule has 1 fully saturated rings. The van der Waals surface area contributed by atoms with Crippen LogP contribution >= 0.6 is 0 Å². The molecule has 0 aromatic heterocycles. The molecule has 0 unspecified atom stereocenters. The Hall–Kier alpha value is -2.89. The van der Waals surface area contributed by atoms with E-state index in [0.717, 1.165) is 11.3 Å². The van der Waals surface area contributed by atoms with Gasteiger partial charge in [-0.1, -0.05) is 6.07 Å². The normalized spacial score (nSPS) is 16.7. The molecule has 1 N–H and O–H groups in total. The molecule has 6 heteroatoms. The molecular weight excluding hydrogens is 347 g/mol. The van der Waals surface area contributed by atoms with Crippen molar-refractivity contribution in [1.29, 1.82) is 0 Å². The zero-order valence-corrected chi connectivity index (χ0v) is 15.7. The molecule has 3 rings (SSSR count). The molecule has 2 amide bonds. The number of aryl methyl sites for hydroxylation is 1. The van der Waals surface area contributed by atoms with Crippen molar-refractivity contribution in [3.05, 3.63) is 53.8 Å². The van der Waals surface area contributed by atoms with Crippen LogP contribution in [-0.4, -0.2) is 24.5 Å². The second-order valence-electron chi connectivity index (χ2n) is 7.04. The number of rotatable bonds is 5. The Morgan fingerprint density at radius 2 is 1.93 bits per heavy atom. The zero-order chi connectivity index (χ0) is 19.6. The number of benzene rings is 2. The summed E-state index contributed by atoms with van der Waals surface area (Å²) < 4.78 is 19.5. The summed E-state index contributed by atoms with van der Waals surface area (Å²) in [4.78, 5) is 26.4. The molecule has 142 valence electrons. The lowest BCUT2D eigenvalue weighted by atomic mass is 10.1. The highest BCUT2D eigenvalue weighted by Gasteiger charge is 2.35. The third-order valence-corrected chi connectivity index (χ3v) is 4.40. The third kappa shape index (κ3) is 4.45. The molecule has 2 aromatic carbocycles. The summed E-state index contributed by atoms with van der Waals surface area (Å²) in [6, 6.07) is 11.7. The van der Waals surface area contributed by atoms with Crippen molar-refractivity contribution < 1.29 is 18.7 Å². The number of halogens is 1. The van der Waals surface area contributed by atoms with E-state index in [1.807, 2.05) is 20.8 Å². The summed E-state index contributed by atoms with van der Waals surface area (Å²) in [6.07, 6.45) is 0.170. The van der Waals surface area contributed by atoms with Crippen molar-refractivity contribution >= 4 is 23.2 Å². The smallest absolute Gasteiger partial charge is 0.229 e. The van der Waals surface area contributed by atoms with E-state index in [0.29, 0.717) is 5.69 Å². The van der Waals surface area contributed by atoms with Gasteiger partial charge in [0.2, 0.25) is 11.8 Å². The maximum Gasteiger partial charge on any atom is 0.229 e. The molecule has 0 saturated carbocycles. The SMILES string of the molecule is Cc1ccc(F)c(NC(=O)[C@@H]2CC(=O)N(c3ccc(OC(C)C)cc3)C2)c1. The minimum absolute atomic E-state index is 0.0689. The molecule has 1 heterocycles. The fourth-order valence-electron chi connectivity index (χ4n) is 3.08. The van der Waals surface area contributed by atoms with E-state index in [-0.39, 0.29) is 36.6 Å². The number of nitrogens with zero attached hydrogens (tertiary/aromatic N) is 1. The largest absolute Gasteiger partial charge is 0.491 e. The molecule has 0 aliphatic carbocycles. The highest BCUT2D eigenvalue weighted by atomic mass is 19.1. The number of carbonyl (C=O) groups is 2. The number of hydrogen-bond donors (Lipinski definition) is 1. The van der Waals surface area contributed by atoms with Gasteiger partial charge in [-0.25, -0.2) is 4.39 Å². The van der Waals surface area contributed by atoms with Crippen molar-refractivity contribution in [2.24, 2.45) is 5.92 Å². The lowest BCUT2D eigenvalue weighted by Gasteiger charge is -2.18. The van der Waals surface area contributed by atoms with Crippen LogP contribution in [0.2, 0.25) is 0 Å². The predicted molar refractivity (Wildman–Crippen MR) is 102 cm³/mol. The molecule has 1 aliphatic rings. The number of anilines is 2. The van der Waals surface area contributed by atoms with E-state index in [1.54, 1.807) is 41.3 Å². The molecule has 27 heavy (non-hydrogen) atoms. The van der Waals surface area contributed by atoms with Crippen LogP contribution in [0.4, 0.5) is 15.8 Å². The third-order valence-electron chi connectivity index (χ3n) is 4.40. The first-order chi connectivity index (χ1) is 12.8. The summed E-state index contributed by atoms with van der Waals surface area (Å²) in [7, 11) is 0. The van der Waals surface area contributed by atoms with Crippen molar-refractivity contribution in [1.82, 2.24) is 0 Å². The predicted octanol–water partition coefficient (Wildman–Crippen LogP) is 3.91. The Labute approximate surface area is 158 Å². The van der Waals surface area contributed by atoms with Gasteiger partial charge in [-0.2, -0.15) is 0 Å². The van der Waals surface area contributed by atoms with Crippen LogP contribution in [0.5, 0.6) is 5.75 Å². The van der Waals surface area contributed by atoms with Gasteiger partial charge in [-0.05, 0) is 62.7 Å². The first-order valence-corrected chi connectivity index (χ1v) is 8.97. The quantitative estimate of drug-likeness (QED) is 0.868. The highest BCUT2D eigenvalue weighted by molar-refractivity contribution is 6.03. The average molecular weight is 370 g/mol. The molecule has 2 aromatic rings.